The third-order valence-electron chi connectivity index (χ3n) is 4.15. The van der Waals surface area contributed by atoms with Crippen LogP contribution in [0.4, 0.5) is 0 Å². The molecule has 100 valence electrons. The zero-order valence-electron chi connectivity index (χ0n) is 11.7. The van der Waals surface area contributed by atoms with Gasteiger partial charge in [0.2, 0.25) is 0 Å². The Bertz CT molecular complexity index is 352. The van der Waals surface area contributed by atoms with E-state index in [4.69, 9.17) is 5.84 Å². The zero-order chi connectivity index (χ0) is 13.0. The summed E-state index contributed by atoms with van der Waals surface area (Å²) in [5.74, 6) is 7.23. The molecule has 0 bridgehead atoms. The largest absolute Gasteiger partial charge is 0.271 e. The Morgan fingerprint density at radius 3 is 2.28 bits per heavy atom. The van der Waals surface area contributed by atoms with Gasteiger partial charge >= 0.3 is 0 Å². The molecule has 1 unspecified atom stereocenters. The second-order valence-corrected chi connectivity index (χ2v) is 5.98. The third-order valence-corrected chi connectivity index (χ3v) is 4.15. The van der Waals surface area contributed by atoms with Gasteiger partial charge in [0, 0.05) is 6.04 Å². The first-order valence-electron chi connectivity index (χ1n) is 7.26. The van der Waals surface area contributed by atoms with Crippen LogP contribution < -0.4 is 11.3 Å². The molecule has 0 saturated heterocycles. The van der Waals surface area contributed by atoms with Crippen LogP contribution in [0.2, 0.25) is 0 Å². The number of hydrazine groups is 1. The number of nitrogens with two attached hydrogens (primary N) is 1. The minimum atomic E-state index is 0.294. The summed E-state index contributed by atoms with van der Waals surface area (Å²) in [4.78, 5) is 0. The van der Waals surface area contributed by atoms with E-state index in [1.165, 1.54) is 36.8 Å². The van der Waals surface area contributed by atoms with E-state index in [1.54, 1.807) is 0 Å². The summed E-state index contributed by atoms with van der Waals surface area (Å²) in [6, 6.07) is 9.37. The fourth-order valence-corrected chi connectivity index (χ4v) is 2.59. The van der Waals surface area contributed by atoms with Gasteiger partial charge in [-0.2, -0.15) is 0 Å². The van der Waals surface area contributed by atoms with Crippen LogP contribution in [0.15, 0.2) is 24.3 Å². The fraction of sp³-hybridized carbons (Fsp3) is 0.625. The molecule has 0 spiro atoms. The van der Waals surface area contributed by atoms with Gasteiger partial charge in [0.15, 0.2) is 0 Å². The van der Waals surface area contributed by atoms with E-state index in [-0.39, 0.29) is 0 Å². The van der Waals surface area contributed by atoms with E-state index in [0.717, 1.165) is 18.3 Å². The van der Waals surface area contributed by atoms with Crippen molar-refractivity contribution in [2.45, 2.75) is 57.9 Å². The minimum absolute atomic E-state index is 0.294. The van der Waals surface area contributed by atoms with Crippen molar-refractivity contribution in [3.63, 3.8) is 0 Å². The quantitative estimate of drug-likeness (QED) is 0.590. The van der Waals surface area contributed by atoms with Crippen molar-refractivity contribution in [2.24, 2.45) is 11.8 Å². The monoisotopic (exact) mass is 246 g/mol. The normalized spacial score (nSPS) is 17.8. The van der Waals surface area contributed by atoms with Crippen LogP contribution in [-0.2, 0) is 0 Å². The van der Waals surface area contributed by atoms with Crippen molar-refractivity contribution in [1.82, 2.24) is 5.43 Å². The van der Waals surface area contributed by atoms with Gasteiger partial charge in [-0.1, -0.05) is 44.5 Å². The minimum Gasteiger partial charge on any atom is -0.271 e. The molecule has 2 rings (SSSR count). The van der Waals surface area contributed by atoms with Crippen LogP contribution in [0, 0.1) is 5.92 Å². The zero-order valence-corrected chi connectivity index (χ0v) is 11.7. The Balaban J connectivity index is 1.97. The van der Waals surface area contributed by atoms with E-state index in [1.807, 2.05) is 0 Å². The van der Waals surface area contributed by atoms with Crippen molar-refractivity contribution in [1.29, 1.82) is 0 Å². The highest BCUT2D eigenvalue weighted by molar-refractivity contribution is 5.28. The van der Waals surface area contributed by atoms with Crippen LogP contribution in [0.25, 0.3) is 0 Å². The van der Waals surface area contributed by atoms with Crippen LogP contribution in [0.5, 0.6) is 0 Å². The molecule has 1 aliphatic carbocycles. The molecule has 0 aromatic heterocycles. The molecule has 1 aliphatic rings. The molecule has 1 saturated carbocycles. The number of nitrogens with one attached hydrogen (secondary N) is 1. The molecule has 2 heteroatoms. The molecule has 0 heterocycles. The summed E-state index contributed by atoms with van der Waals surface area (Å²) in [7, 11) is 0. The van der Waals surface area contributed by atoms with E-state index >= 15 is 0 Å². The summed E-state index contributed by atoms with van der Waals surface area (Å²) in [6.07, 6.45) is 6.44. The van der Waals surface area contributed by atoms with Gasteiger partial charge < -0.3 is 0 Å². The molecular formula is C16H26N2. The SMILES string of the molecule is CC(C)CCC(NN)c1ccc(C2CCC2)cc1. The number of rotatable bonds is 6. The first kappa shape index (κ1) is 13.6. The second kappa shape index (κ2) is 6.35. The van der Waals surface area contributed by atoms with Crippen molar-refractivity contribution < 1.29 is 0 Å². The molecular weight excluding hydrogens is 220 g/mol. The predicted octanol–water partition coefficient (Wildman–Crippen LogP) is 3.89. The smallest absolute Gasteiger partial charge is 0.0460 e. The number of hydrogen-bond acceptors (Lipinski definition) is 2. The van der Waals surface area contributed by atoms with E-state index in [0.29, 0.717) is 6.04 Å². The van der Waals surface area contributed by atoms with Gasteiger partial charge in [0.25, 0.3) is 0 Å². The highest BCUT2D eigenvalue weighted by Crippen LogP contribution is 2.36. The summed E-state index contributed by atoms with van der Waals surface area (Å²) >= 11 is 0. The third kappa shape index (κ3) is 3.33. The molecule has 0 radical (unpaired) electrons. The summed E-state index contributed by atoms with van der Waals surface area (Å²) in [5.41, 5.74) is 5.78. The summed E-state index contributed by atoms with van der Waals surface area (Å²) < 4.78 is 0. The summed E-state index contributed by atoms with van der Waals surface area (Å²) in [6.45, 7) is 4.51. The van der Waals surface area contributed by atoms with Crippen LogP contribution >= 0.6 is 0 Å². The average molecular weight is 246 g/mol. The van der Waals surface area contributed by atoms with Crippen LogP contribution in [0.3, 0.4) is 0 Å². The maximum Gasteiger partial charge on any atom is 0.0460 e. The molecule has 18 heavy (non-hydrogen) atoms. The van der Waals surface area contributed by atoms with Crippen molar-refractivity contribution in [3.05, 3.63) is 35.4 Å². The van der Waals surface area contributed by atoms with E-state index < -0.39 is 0 Å². The van der Waals surface area contributed by atoms with Gasteiger partial charge in [0.1, 0.15) is 0 Å². The lowest BCUT2D eigenvalue weighted by Gasteiger charge is -2.26. The maximum atomic E-state index is 5.68. The predicted molar refractivity (Wildman–Crippen MR) is 77.2 cm³/mol. The standard InChI is InChI=1S/C16H26N2/c1-12(2)6-11-16(18-17)15-9-7-14(8-10-15)13-4-3-5-13/h7-10,12-13,16,18H,3-6,11,17H2,1-2H3. The molecule has 2 nitrogen and oxygen atoms in total. The van der Waals surface area contributed by atoms with Crippen molar-refractivity contribution in [3.8, 4) is 0 Å². The van der Waals surface area contributed by atoms with Crippen LogP contribution in [0.1, 0.15) is 69.0 Å². The van der Waals surface area contributed by atoms with Gasteiger partial charge in [-0.3, -0.25) is 11.3 Å². The Morgan fingerprint density at radius 1 is 1.17 bits per heavy atom. The highest BCUT2D eigenvalue weighted by atomic mass is 15.2. The van der Waals surface area contributed by atoms with Gasteiger partial charge in [0.05, 0.1) is 0 Å². The Morgan fingerprint density at radius 2 is 1.83 bits per heavy atom. The number of benzene rings is 1. The fourth-order valence-electron chi connectivity index (χ4n) is 2.59. The molecule has 3 N–H and O–H groups in total. The highest BCUT2D eigenvalue weighted by Gasteiger charge is 2.19. The molecule has 1 aromatic carbocycles. The van der Waals surface area contributed by atoms with E-state index in [2.05, 4.69) is 43.5 Å². The first-order valence-corrected chi connectivity index (χ1v) is 7.26. The first-order chi connectivity index (χ1) is 8.70. The number of hydrogen-bond donors (Lipinski definition) is 2. The topological polar surface area (TPSA) is 38.0 Å². The average Bonchev–Trinajstić information content (AvgIpc) is 2.29. The summed E-state index contributed by atoms with van der Waals surface area (Å²) in [5, 5.41) is 0. The van der Waals surface area contributed by atoms with Gasteiger partial charge in [-0.25, -0.2) is 0 Å². The maximum absolute atomic E-state index is 5.68. The Kier molecular flexibility index (Phi) is 4.79. The lowest BCUT2D eigenvalue weighted by molar-refractivity contribution is 0.419. The van der Waals surface area contributed by atoms with E-state index in [9.17, 15) is 0 Å². The van der Waals surface area contributed by atoms with Gasteiger partial charge in [-0.05, 0) is 48.6 Å². The van der Waals surface area contributed by atoms with Crippen molar-refractivity contribution in [2.75, 3.05) is 0 Å². The molecule has 0 aliphatic heterocycles. The van der Waals surface area contributed by atoms with Crippen molar-refractivity contribution >= 4 is 0 Å². The second-order valence-electron chi connectivity index (χ2n) is 5.98. The molecule has 1 fully saturated rings. The molecule has 1 atom stereocenters. The van der Waals surface area contributed by atoms with Gasteiger partial charge in [-0.15, -0.1) is 0 Å². The Hall–Kier alpha value is -0.860. The van der Waals surface area contributed by atoms with Crippen LogP contribution in [-0.4, -0.2) is 0 Å². The lowest BCUT2D eigenvalue weighted by atomic mass is 9.79. The molecule has 1 aromatic rings. The molecule has 0 amide bonds. The Labute approximate surface area is 111 Å². The lowest BCUT2D eigenvalue weighted by Crippen LogP contribution is -2.28.